The van der Waals surface area contributed by atoms with Crippen LogP contribution in [0.4, 0.5) is 11.4 Å². The first-order valence-corrected chi connectivity index (χ1v) is 10.3. The molecule has 4 rings (SSSR count). The van der Waals surface area contributed by atoms with Crippen LogP contribution in [0.5, 0.6) is 0 Å². The van der Waals surface area contributed by atoms with Crippen molar-refractivity contribution in [1.82, 2.24) is 4.90 Å². The maximum absolute atomic E-state index is 12.9. The zero-order chi connectivity index (χ0) is 18.1. The lowest BCUT2D eigenvalue weighted by molar-refractivity contribution is -0.112. The minimum atomic E-state index is -3.53. The number of carbonyl (C=O) groups excluding carboxylic acids is 1. The van der Waals surface area contributed by atoms with Crippen molar-refractivity contribution in [2.45, 2.75) is 12.8 Å². The molecular formula is C18H20N4O3S. The van der Waals surface area contributed by atoms with Gasteiger partial charge >= 0.3 is 0 Å². The summed E-state index contributed by atoms with van der Waals surface area (Å²) in [5.41, 5.74) is 1.97. The molecule has 1 saturated heterocycles. The Kier molecular flexibility index (Phi) is 4.28. The van der Waals surface area contributed by atoms with Crippen LogP contribution in [0, 0.1) is 0 Å². The van der Waals surface area contributed by atoms with Crippen molar-refractivity contribution in [3.63, 3.8) is 0 Å². The number of nitrogens with one attached hydrogen (secondary N) is 1. The molecule has 0 saturated carbocycles. The molecule has 26 heavy (non-hydrogen) atoms. The van der Waals surface area contributed by atoms with Crippen molar-refractivity contribution in [1.29, 1.82) is 0 Å². The third-order valence-corrected chi connectivity index (χ3v) is 5.85. The van der Waals surface area contributed by atoms with Crippen LogP contribution in [0.25, 0.3) is 0 Å². The highest BCUT2D eigenvalue weighted by molar-refractivity contribution is 7.90. The summed E-state index contributed by atoms with van der Waals surface area (Å²) in [5, 5.41) is 2.93. The molecular weight excluding hydrogens is 352 g/mol. The lowest BCUT2D eigenvalue weighted by Crippen LogP contribution is -2.41. The van der Waals surface area contributed by atoms with E-state index in [0.717, 1.165) is 37.3 Å². The number of carbonyl (C=O) groups is 1. The Bertz CT molecular complexity index is 928. The molecule has 3 heterocycles. The zero-order valence-electron chi connectivity index (χ0n) is 14.3. The molecule has 8 heteroatoms. The number of para-hydroxylation sites is 2. The van der Waals surface area contributed by atoms with E-state index >= 15 is 0 Å². The van der Waals surface area contributed by atoms with Gasteiger partial charge in [0.05, 0.1) is 22.7 Å². The van der Waals surface area contributed by atoms with Gasteiger partial charge in [0.1, 0.15) is 0 Å². The van der Waals surface area contributed by atoms with E-state index in [4.69, 9.17) is 0 Å². The van der Waals surface area contributed by atoms with Crippen LogP contribution in [0.15, 0.2) is 52.6 Å². The molecule has 7 nitrogen and oxygen atoms in total. The van der Waals surface area contributed by atoms with Crippen molar-refractivity contribution in [2.75, 3.05) is 35.6 Å². The van der Waals surface area contributed by atoms with Crippen molar-refractivity contribution >= 4 is 33.1 Å². The number of sulfonamides is 1. The molecule has 136 valence electrons. The molecule has 3 aliphatic rings. The van der Waals surface area contributed by atoms with Crippen molar-refractivity contribution in [3.05, 3.63) is 48.2 Å². The first-order valence-electron chi connectivity index (χ1n) is 8.67. The molecule has 0 unspecified atom stereocenters. The summed E-state index contributed by atoms with van der Waals surface area (Å²) < 4.78 is 27.5. The fourth-order valence-electron chi connectivity index (χ4n) is 3.40. The van der Waals surface area contributed by atoms with Gasteiger partial charge in [0.15, 0.2) is 5.84 Å². The predicted octanol–water partition coefficient (Wildman–Crippen LogP) is 1.72. The van der Waals surface area contributed by atoms with E-state index in [-0.39, 0.29) is 23.1 Å². The SMILES string of the molecule is O=C(Nc1ccccc1N1CCCC1)C1=CC=CN2CCS(=O)(=O)N=C12. The third kappa shape index (κ3) is 3.24. The van der Waals surface area contributed by atoms with E-state index in [1.807, 2.05) is 24.3 Å². The average molecular weight is 372 g/mol. The van der Waals surface area contributed by atoms with E-state index in [9.17, 15) is 13.2 Å². The first kappa shape index (κ1) is 16.8. The summed E-state index contributed by atoms with van der Waals surface area (Å²) >= 11 is 0. The Morgan fingerprint density at radius 3 is 2.69 bits per heavy atom. The number of allylic oxidation sites excluding steroid dienone is 2. The number of hydrogen-bond donors (Lipinski definition) is 1. The summed E-state index contributed by atoms with van der Waals surface area (Å²) in [6.07, 6.45) is 7.36. The lowest BCUT2D eigenvalue weighted by atomic mass is 10.1. The number of rotatable bonds is 3. The second kappa shape index (κ2) is 6.60. The van der Waals surface area contributed by atoms with Gasteiger partial charge in [-0.15, -0.1) is 4.40 Å². The molecule has 1 fully saturated rings. The molecule has 0 aliphatic carbocycles. The highest BCUT2D eigenvalue weighted by atomic mass is 32.2. The maximum atomic E-state index is 12.9. The van der Waals surface area contributed by atoms with E-state index in [1.54, 1.807) is 23.3 Å². The van der Waals surface area contributed by atoms with E-state index in [0.29, 0.717) is 6.54 Å². The average Bonchev–Trinajstić information content (AvgIpc) is 3.15. The highest BCUT2D eigenvalue weighted by Crippen LogP contribution is 2.29. The molecule has 0 spiro atoms. The largest absolute Gasteiger partial charge is 0.370 e. The molecule has 1 aromatic carbocycles. The normalized spacial score (nSPS) is 21.1. The van der Waals surface area contributed by atoms with Gasteiger partial charge in [-0.2, -0.15) is 0 Å². The van der Waals surface area contributed by atoms with E-state index in [2.05, 4.69) is 14.6 Å². The number of hydrogen-bond acceptors (Lipinski definition) is 5. The third-order valence-electron chi connectivity index (χ3n) is 4.70. The van der Waals surface area contributed by atoms with Gasteiger partial charge in [0.2, 0.25) is 0 Å². The van der Waals surface area contributed by atoms with E-state index < -0.39 is 10.0 Å². The Morgan fingerprint density at radius 1 is 1.12 bits per heavy atom. The molecule has 1 aromatic rings. The van der Waals surface area contributed by atoms with Crippen LogP contribution in [0.2, 0.25) is 0 Å². The van der Waals surface area contributed by atoms with Gasteiger partial charge in [0.25, 0.3) is 15.9 Å². The van der Waals surface area contributed by atoms with Crippen LogP contribution in [0.3, 0.4) is 0 Å². The number of amidine groups is 1. The molecule has 1 amide bonds. The molecule has 3 aliphatic heterocycles. The van der Waals surface area contributed by atoms with Gasteiger partial charge in [0, 0.05) is 25.8 Å². The molecule has 0 aromatic heterocycles. The molecule has 0 atom stereocenters. The van der Waals surface area contributed by atoms with Crippen LogP contribution < -0.4 is 10.2 Å². The van der Waals surface area contributed by atoms with E-state index in [1.165, 1.54) is 0 Å². The summed E-state index contributed by atoms with van der Waals surface area (Å²) in [6, 6.07) is 7.68. The Hall–Kier alpha value is -2.61. The fraction of sp³-hybridized carbons (Fsp3) is 0.333. The topological polar surface area (TPSA) is 82.1 Å². The Balaban J connectivity index is 1.62. The fourth-order valence-corrected chi connectivity index (χ4v) is 4.38. The number of nitrogens with zero attached hydrogens (tertiary/aromatic N) is 3. The van der Waals surface area contributed by atoms with Crippen LogP contribution in [0.1, 0.15) is 12.8 Å². The number of anilines is 2. The quantitative estimate of drug-likeness (QED) is 0.874. The standard InChI is InChI=1S/C18H20N4O3S/c23-18(14-6-5-11-22-12-13-26(24,25)20-17(14)22)19-15-7-1-2-8-16(15)21-9-3-4-10-21/h1-2,5-8,11H,3-4,9-10,12-13H2,(H,19,23). The second-order valence-corrected chi connectivity index (χ2v) is 8.24. The monoisotopic (exact) mass is 372 g/mol. The predicted molar refractivity (Wildman–Crippen MR) is 102 cm³/mol. The number of benzene rings is 1. The summed E-state index contributed by atoms with van der Waals surface area (Å²) in [5.74, 6) is -0.218. The maximum Gasteiger partial charge on any atom is 0.259 e. The highest BCUT2D eigenvalue weighted by Gasteiger charge is 2.30. The van der Waals surface area contributed by atoms with Crippen molar-refractivity contribution in [2.24, 2.45) is 4.40 Å². The summed E-state index contributed by atoms with van der Waals surface area (Å²) in [6.45, 7) is 2.24. The van der Waals surface area contributed by atoms with Crippen molar-refractivity contribution < 1.29 is 13.2 Å². The smallest absolute Gasteiger partial charge is 0.259 e. The minimum Gasteiger partial charge on any atom is -0.370 e. The van der Waals surface area contributed by atoms with Gasteiger partial charge in [-0.25, -0.2) is 8.42 Å². The Labute approximate surface area is 152 Å². The van der Waals surface area contributed by atoms with Crippen LogP contribution >= 0.6 is 0 Å². The molecule has 1 N–H and O–H groups in total. The van der Waals surface area contributed by atoms with Crippen LogP contribution in [-0.2, 0) is 14.8 Å². The summed E-state index contributed by atoms with van der Waals surface area (Å²) in [7, 11) is -3.53. The number of amides is 1. The van der Waals surface area contributed by atoms with Crippen molar-refractivity contribution in [3.8, 4) is 0 Å². The second-order valence-electron chi connectivity index (χ2n) is 6.48. The van der Waals surface area contributed by atoms with Gasteiger partial charge < -0.3 is 15.1 Å². The van der Waals surface area contributed by atoms with Crippen LogP contribution in [-0.4, -0.2) is 50.4 Å². The van der Waals surface area contributed by atoms with Gasteiger partial charge in [-0.1, -0.05) is 12.1 Å². The molecule has 0 radical (unpaired) electrons. The first-order chi connectivity index (χ1) is 12.5. The Morgan fingerprint density at radius 2 is 1.88 bits per heavy atom. The minimum absolute atomic E-state index is 0.0481. The zero-order valence-corrected chi connectivity index (χ0v) is 15.1. The number of fused-ring (bicyclic) bond motifs is 1. The summed E-state index contributed by atoms with van der Waals surface area (Å²) in [4.78, 5) is 16.8. The van der Waals surface area contributed by atoms with Gasteiger partial charge in [-0.05, 0) is 37.1 Å². The lowest BCUT2D eigenvalue weighted by Gasteiger charge is -2.29. The molecule has 0 bridgehead atoms. The van der Waals surface area contributed by atoms with Gasteiger partial charge in [-0.3, -0.25) is 4.79 Å².